The van der Waals surface area contributed by atoms with Crippen molar-refractivity contribution in [2.24, 2.45) is 0 Å². The third kappa shape index (κ3) is 3.82. The van der Waals surface area contributed by atoms with E-state index in [4.69, 9.17) is 9.47 Å². The fraction of sp³-hybridized carbons (Fsp3) is 0.188. The highest BCUT2D eigenvalue weighted by Crippen LogP contribution is 2.16. The molecule has 0 aliphatic carbocycles. The number of carbonyl (C=O) groups excluding carboxylic acids is 1. The first-order chi connectivity index (χ1) is 9.69. The zero-order valence-electron chi connectivity index (χ0n) is 11.1. The fourth-order valence-corrected chi connectivity index (χ4v) is 1.67. The van der Waals surface area contributed by atoms with E-state index in [-0.39, 0.29) is 11.8 Å². The standard InChI is InChI=1S/C16H15FO3/c1-2-19-16(18)13-4-3-5-15(10-13)20-11-12-6-8-14(17)9-7-12/h3-10H,2,11H2,1H3. The first-order valence-electron chi connectivity index (χ1n) is 6.33. The van der Waals surface area contributed by atoms with E-state index in [1.165, 1.54) is 12.1 Å². The minimum Gasteiger partial charge on any atom is -0.489 e. The van der Waals surface area contributed by atoms with Gasteiger partial charge in [0.05, 0.1) is 12.2 Å². The summed E-state index contributed by atoms with van der Waals surface area (Å²) in [5.74, 6) is -0.0855. The maximum atomic E-state index is 12.8. The van der Waals surface area contributed by atoms with Gasteiger partial charge in [-0.15, -0.1) is 0 Å². The molecule has 0 radical (unpaired) electrons. The van der Waals surface area contributed by atoms with Crippen molar-refractivity contribution in [1.82, 2.24) is 0 Å². The van der Waals surface area contributed by atoms with Crippen LogP contribution < -0.4 is 4.74 Å². The van der Waals surface area contributed by atoms with Crippen molar-refractivity contribution in [3.05, 3.63) is 65.5 Å². The van der Waals surface area contributed by atoms with Crippen LogP contribution in [-0.2, 0) is 11.3 Å². The third-order valence-electron chi connectivity index (χ3n) is 2.66. The van der Waals surface area contributed by atoms with Gasteiger partial charge in [0.25, 0.3) is 0 Å². The molecule has 2 aromatic carbocycles. The van der Waals surface area contributed by atoms with Gasteiger partial charge in [-0.2, -0.15) is 0 Å². The van der Waals surface area contributed by atoms with E-state index in [2.05, 4.69) is 0 Å². The molecule has 0 bridgehead atoms. The molecule has 2 rings (SSSR count). The number of benzene rings is 2. The quantitative estimate of drug-likeness (QED) is 0.782. The third-order valence-corrected chi connectivity index (χ3v) is 2.66. The van der Waals surface area contributed by atoms with E-state index < -0.39 is 0 Å². The second kappa shape index (κ2) is 6.70. The summed E-state index contributed by atoms with van der Waals surface area (Å²) in [6, 6.07) is 12.9. The number of esters is 1. The van der Waals surface area contributed by atoms with Gasteiger partial charge in [-0.05, 0) is 42.8 Å². The Bertz CT molecular complexity index is 579. The normalized spacial score (nSPS) is 10.1. The summed E-state index contributed by atoms with van der Waals surface area (Å²) < 4.78 is 23.3. The second-order valence-corrected chi connectivity index (χ2v) is 4.16. The minimum atomic E-state index is -0.375. The van der Waals surface area contributed by atoms with Crippen molar-refractivity contribution in [2.75, 3.05) is 6.61 Å². The van der Waals surface area contributed by atoms with Crippen molar-refractivity contribution in [3.63, 3.8) is 0 Å². The predicted octanol–water partition coefficient (Wildman–Crippen LogP) is 3.58. The molecule has 0 aliphatic rings. The van der Waals surface area contributed by atoms with Crippen LogP contribution in [0, 0.1) is 5.82 Å². The zero-order valence-corrected chi connectivity index (χ0v) is 11.1. The summed E-state index contributed by atoms with van der Waals surface area (Å²) >= 11 is 0. The van der Waals surface area contributed by atoms with Crippen molar-refractivity contribution < 1.29 is 18.7 Å². The highest BCUT2D eigenvalue weighted by atomic mass is 19.1. The van der Waals surface area contributed by atoms with Crippen molar-refractivity contribution in [1.29, 1.82) is 0 Å². The summed E-state index contributed by atoms with van der Waals surface area (Å²) in [5.41, 5.74) is 1.30. The fourth-order valence-electron chi connectivity index (χ4n) is 1.67. The Hall–Kier alpha value is -2.36. The Balaban J connectivity index is 2.01. The Labute approximate surface area is 117 Å². The molecule has 0 saturated carbocycles. The van der Waals surface area contributed by atoms with Crippen LogP contribution in [0.3, 0.4) is 0 Å². The molecule has 0 aliphatic heterocycles. The van der Waals surface area contributed by atoms with Crippen molar-refractivity contribution in [2.45, 2.75) is 13.5 Å². The Morgan fingerprint density at radius 1 is 1.15 bits per heavy atom. The maximum absolute atomic E-state index is 12.8. The molecule has 4 heteroatoms. The average molecular weight is 274 g/mol. The zero-order chi connectivity index (χ0) is 14.4. The Morgan fingerprint density at radius 3 is 2.60 bits per heavy atom. The molecule has 2 aromatic rings. The van der Waals surface area contributed by atoms with Gasteiger partial charge in [-0.25, -0.2) is 9.18 Å². The topological polar surface area (TPSA) is 35.5 Å². The van der Waals surface area contributed by atoms with E-state index in [1.54, 1.807) is 43.3 Å². The molecular weight excluding hydrogens is 259 g/mol. The van der Waals surface area contributed by atoms with E-state index in [0.29, 0.717) is 24.5 Å². The van der Waals surface area contributed by atoms with E-state index in [9.17, 15) is 9.18 Å². The van der Waals surface area contributed by atoms with Gasteiger partial charge in [0.2, 0.25) is 0 Å². The molecule has 3 nitrogen and oxygen atoms in total. The van der Waals surface area contributed by atoms with Gasteiger partial charge in [0.1, 0.15) is 18.2 Å². The lowest BCUT2D eigenvalue weighted by molar-refractivity contribution is 0.0526. The number of halogens is 1. The lowest BCUT2D eigenvalue weighted by Gasteiger charge is -2.08. The molecule has 0 aromatic heterocycles. The minimum absolute atomic E-state index is 0.280. The Morgan fingerprint density at radius 2 is 1.90 bits per heavy atom. The lowest BCUT2D eigenvalue weighted by atomic mass is 10.2. The summed E-state index contributed by atoms with van der Waals surface area (Å²) in [7, 11) is 0. The molecule has 0 unspecified atom stereocenters. The summed E-state index contributed by atoms with van der Waals surface area (Å²) in [6.45, 7) is 2.40. The van der Waals surface area contributed by atoms with Crippen LogP contribution in [0.5, 0.6) is 5.75 Å². The van der Waals surface area contributed by atoms with Crippen LogP contribution in [-0.4, -0.2) is 12.6 Å². The van der Waals surface area contributed by atoms with Crippen LogP contribution in [0.15, 0.2) is 48.5 Å². The van der Waals surface area contributed by atoms with Crippen molar-refractivity contribution in [3.8, 4) is 5.75 Å². The van der Waals surface area contributed by atoms with Crippen LogP contribution in [0.25, 0.3) is 0 Å². The van der Waals surface area contributed by atoms with Crippen LogP contribution in [0.4, 0.5) is 4.39 Å². The molecule has 0 fully saturated rings. The largest absolute Gasteiger partial charge is 0.489 e. The SMILES string of the molecule is CCOC(=O)c1cccc(OCc2ccc(F)cc2)c1. The summed E-state index contributed by atoms with van der Waals surface area (Å²) in [5, 5.41) is 0. The first-order valence-corrected chi connectivity index (χ1v) is 6.33. The number of hydrogen-bond acceptors (Lipinski definition) is 3. The highest BCUT2D eigenvalue weighted by molar-refractivity contribution is 5.89. The first kappa shape index (κ1) is 14.1. The number of carbonyl (C=O) groups is 1. The van der Waals surface area contributed by atoms with Crippen LogP contribution in [0.2, 0.25) is 0 Å². The van der Waals surface area contributed by atoms with Gasteiger partial charge in [-0.3, -0.25) is 0 Å². The Kier molecular flexibility index (Phi) is 4.71. The van der Waals surface area contributed by atoms with Gasteiger partial charge >= 0.3 is 5.97 Å². The maximum Gasteiger partial charge on any atom is 0.338 e. The predicted molar refractivity (Wildman–Crippen MR) is 73.1 cm³/mol. The van der Waals surface area contributed by atoms with E-state index in [1.807, 2.05) is 0 Å². The number of ether oxygens (including phenoxy) is 2. The van der Waals surface area contributed by atoms with Crippen molar-refractivity contribution >= 4 is 5.97 Å². The van der Waals surface area contributed by atoms with Crippen LogP contribution >= 0.6 is 0 Å². The molecule has 104 valence electrons. The molecule has 0 heterocycles. The smallest absolute Gasteiger partial charge is 0.338 e. The van der Waals surface area contributed by atoms with Gasteiger partial charge < -0.3 is 9.47 Å². The summed E-state index contributed by atoms with van der Waals surface area (Å²) in [4.78, 5) is 11.6. The van der Waals surface area contributed by atoms with Gasteiger partial charge in [0, 0.05) is 0 Å². The molecule has 20 heavy (non-hydrogen) atoms. The molecule has 0 amide bonds. The number of hydrogen-bond donors (Lipinski definition) is 0. The monoisotopic (exact) mass is 274 g/mol. The van der Waals surface area contributed by atoms with Crippen LogP contribution in [0.1, 0.15) is 22.8 Å². The average Bonchev–Trinajstić information content (AvgIpc) is 2.47. The molecule has 0 atom stereocenters. The second-order valence-electron chi connectivity index (χ2n) is 4.16. The van der Waals surface area contributed by atoms with E-state index >= 15 is 0 Å². The molecule has 0 saturated heterocycles. The summed E-state index contributed by atoms with van der Waals surface area (Å²) in [6.07, 6.45) is 0. The highest BCUT2D eigenvalue weighted by Gasteiger charge is 2.07. The van der Waals surface area contributed by atoms with E-state index in [0.717, 1.165) is 5.56 Å². The van der Waals surface area contributed by atoms with Gasteiger partial charge in [-0.1, -0.05) is 18.2 Å². The number of rotatable bonds is 5. The molecule has 0 N–H and O–H groups in total. The lowest BCUT2D eigenvalue weighted by Crippen LogP contribution is -2.05. The van der Waals surface area contributed by atoms with Gasteiger partial charge in [0.15, 0.2) is 0 Å². The molecular formula is C16H15FO3. The molecule has 0 spiro atoms.